The summed E-state index contributed by atoms with van der Waals surface area (Å²) in [7, 11) is 0. The number of hydrogen-bond acceptors (Lipinski definition) is 5. The monoisotopic (exact) mass is 246 g/mol. The molecular weight excluding hydrogens is 232 g/mol. The van der Waals surface area contributed by atoms with Crippen molar-refractivity contribution in [3.05, 3.63) is 41.9 Å². The minimum absolute atomic E-state index is 0.193. The number of carbonyl (C=O) groups excluding carboxylic acids is 1. The highest BCUT2D eigenvalue weighted by molar-refractivity contribution is 5.93. The number of amides is 1. The van der Waals surface area contributed by atoms with Crippen LogP contribution in [0.3, 0.4) is 0 Å². The highest BCUT2D eigenvalue weighted by Crippen LogP contribution is 2.05. The van der Waals surface area contributed by atoms with Crippen molar-refractivity contribution >= 4 is 11.7 Å². The minimum atomic E-state index is -0.193. The molecule has 0 spiro atoms. The standard InChI is InChI=1S/C12H14N4O2/c1-2-13-11-4-3-9(7-14-11)12(17)15-8-10-5-6-16-18-10/h3-7H,2,8H2,1H3,(H,13,14)(H,15,17). The first kappa shape index (κ1) is 12.1. The molecule has 0 bridgehead atoms. The molecule has 0 atom stereocenters. The van der Waals surface area contributed by atoms with Gasteiger partial charge in [-0.05, 0) is 19.1 Å². The number of carbonyl (C=O) groups is 1. The number of nitrogens with zero attached hydrogens (tertiary/aromatic N) is 2. The molecule has 0 saturated heterocycles. The van der Waals surface area contributed by atoms with Crippen LogP contribution < -0.4 is 10.6 Å². The van der Waals surface area contributed by atoms with Crippen LogP contribution in [0.1, 0.15) is 23.0 Å². The number of hydrogen-bond donors (Lipinski definition) is 2. The van der Waals surface area contributed by atoms with E-state index in [0.717, 1.165) is 12.4 Å². The van der Waals surface area contributed by atoms with Crippen molar-refractivity contribution < 1.29 is 9.32 Å². The normalized spacial score (nSPS) is 10.1. The minimum Gasteiger partial charge on any atom is -0.370 e. The molecular formula is C12H14N4O2. The summed E-state index contributed by atoms with van der Waals surface area (Å²) in [5.41, 5.74) is 0.510. The molecule has 2 N–H and O–H groups in total. The van der Waals surface area contributed by atoms with Gasteiger partial charge < -0.3 is 15.2 Å². The SMILES string of the molecule is CCNc1ccc(C(=O)NCc2ccno2)cn1. The zero-order valence-electron chi connectivity index (χ0n) is 10.0. The lowest BCUT2D eigenvalue weighted by atomic mass is 10.2. The maximum absolute atomic E-state index is 11.8. The number of nitrogens with one attached hydrogen (secondary N) is 2. The van der Waals surface area contributed by atoms with Crippen LogP contribution in [0.5, 0.6) is 0 Å². The van der Waals surface area contributed by atoms with E-state index in [-0.39, 0.29) is 5.91 Å². The lowest BCUT2D eigenvalue weighted by Crippen LogP contribution is -2.22. The zero-order valence-corrected chi connectivity index (χ0v) is 10.0. The molecule has 2 heterocycles. The van der Waals surface area contributed by atoms with Gasteiger partial charge in [-0.3, -0.25) is 4.79 Å². The van der Waals surface area contributed by atoms with Crippen LogP contribution in [-0.4, -0.2) is 22.6 Å². The van der Waals surface area contributed by atoms with Gasteiger partial charge in [-0.2, -0.15) is 0 Å². The maximum Gasteiger partial charge on any atom is 0.253 e. The van der Waals surface area contributed by atoms with Gasteiger partial charge in [0.1, 0.15) is 5.82 Å². The Kier molecular flexibility index (Phi) is 3.90. The van der Waals surface area contributed by atoms with Crippen LogP contribution in [0.15, 0.2) is 35.1 Å². The summed E-state index contributed by atoms with van der Waals surface area (Å²) in [6.07, 6.45) is 3.07. The molecule has 0 saturated carbocycles. The Hall–Kier alpha value is -2.37. The van der Waals surface area contributed by atoms with Crippen molar-refractivity contribution in [2.24, 2.45) is 0 Å². The zero-order chi connectivity index (χ0) is 12.8. The largest absolute Gasteiger partial charge is 0.370 e. The van der Waals surface area contributed by atoms with E-state index in [1.54, 1.807) is 18.2 Å². The molecule has 2 rings (SSSR count). The van der Waals surface area contributed by atoms with Crippen molar-refractivity contribution in [3.63, 3.8) is 0 Å². The first-order valence-corrected chi connectivity index (χ1v) is 5.67. The van der Waals surface area contributed by atoms with Gasteiger partial charge in [0.05, 0.1) is 18.3 Å². The van der Waals surface area contributed by atoms with Crippen LogP contribution in [0, 0.1) is 0 Å². The Balaban J connectivity index is 1.92. The quantitative estimate of drug-likeness (QED) is 0.834. The molecule has 2 aromatic rings. The molecule has 0 radical (unpaired) electrons. The van der Waals surface area contributed by atoms with Gasteiger partial charge in [0.2, 0.25) is 0 Å². The van der Waals surface area contributed by atoms with E-state index < -0.39 is 0 Å². The summed E-state index contributed by atoms with van der Waals surface area (Å²) in [5.74, 6) is 1.17. The molecule has 1 amide bonds. The summed E-state index contributed by atoms with van der Waals surface area (Å²) in [4.78, 5) is 15.9. The average Bonchev–Trinajstić information content (AvgIpc) is 2.90. The van der Waals surface area contributed by atoms with Gasteiger partial charge in [0.15, 0.2) is 5.76 Å². The topological polar surface area (TPSA) is 80.0 Å². The smallest absolute Gasteiger partial charge is 0.253 e. The number of pyridine rings is 1. The van der Waals surface area contributed by atoms with Gasteiger partial charge in [-0.1, -0.05) is 5.16 Å². The number of anilines is 1. The van der Waals surface area contributed by atoms with Crippen molar-refractivity contribution in [1.29, 1.82) is 0 Å². The Labute approximate surface area is 104 Å². The molecule has 6 nitrogen and oxygen atoms in total. The fourth-order valence-corrected chi connectivity index (χ4v) is 1.42. The van der Waals surface area contributed by atoms with E-state index in [9.17, 15) is 4.79 Å². The van der Waals surface area contributed by atoms with Gasteiger partial charge in [-0.25, -0.2) is 4.98 Å². The molecule has 0 unspecified atom stereocenters. The Morgan fingerprint density at radius 3 is 2.89 bits per heavy atom. The molecule has 0 aliphatic heterocycles. The van der Waals surface area contributed by atoms with Crippen molar-refractivity contribution in [3.8, 4) is 0 Å². The summed E-state index contributed by atoms with van der Waals surface area (Å²) < 4.78 is 4.88. The van der Waals surface area contributed by atoms with Gasteiger partial charge in [-0.15, -0.1) is 0 Å². The van der Waals surface area contributed by atoms with E-state index in [2.05, 4.69) is 20.8 Å². The van der Waals surface area contributed by atoms with E-state index in [4.69, 9.17) is 4.52 Å². The van der Waals surface area contributed by atoms with Crippen molar-refractivity contribution in [2.75, 3.05) is 11.9 Å². The third kappa shape index (κ3) is 3.07. The molecule has 2 aromatic heterocycles. The molecule has 18 heavy (non-hydrogen) atoms. The van der Waals surface area contributed by atoms with Crippen molar-refractivity contribution in [2.45, 2.75) is 13.5 Å². The fraction of sp³-hybridized carbons (Fsp3) is 0.250. The summed E-state index contributed by atoms with van der Waals surface area (Å²) in [5, 5.41) is 9.34. The fourth-order valence-electron chi connectivity index (χ4n) is 1.42. The third-order valence-electron chi connectivity index (χ3n) is 2.30. The highest BCUT2D eigenvalue weighted by atomic mass is 16.5. The predicted molar refractivity (Wildman–Crippen MR) is 66.1 cm³/mol. The second-order valence-electron chi connectivity index (χ2n) is 3.62. The average molecular weight is 246 g/mol. The predicted octanol–water partition coefficient (Wildman–Crippen LogP) is 1.43. The van der Waals surface area contributed by atoms with Gasteiger partial charge in [0, 0.05) is 18.8 Å². The van der Waals surface area contributed by atoms with Crippen LogP contribution in [0.2, 0.25) is 0 Å². The first-order valence-electron chi connectivity index (χ1n) is 5.67. The lowest BCUT2D eigenvalue weighted by molar-refractivity contribution is 0.0946. The van der Waals surface area contributed by atoms with Crippen LogP contribution in [0.4, 0.5) is 5.82 Å². The Morgan fingerprint density at radius 2 is 2.28 bits per heavy atom. The number of rotatable bonds is 5. The maximum atomic E-state index is 11.8. The molecule has 94 valence electrons. The first-order chi connectivity index (χ1) is 8.79. The van der Waals surface area contributed by atoms with E-state index >= 15 is 0 Å². The van der Waals surface area contributed by atoms with E-state index in [1.165, 1.54) is 12.4 Å². The van der Waals surface area contributed by atoms with Crippen LogP contribution in [-0.2, 0) is 6.54 Å². The third-order valence-corrected chi connectivity index (χ3v) is 2.30. The Morgan fingerprint density at radius 1 is 1.39 bits per heavy atom. The summed E-state index contributed by atoms with van der Waals surface area (Å²) >= 11 is 0. The summed E-state index contributed by atoms with van der Waals surface area (Å²) in [6.45, 7) is 3.09. The van der Waals surface area contributed by atoms with E-state index in [0.29, 0.717) is 17.9 Å². The molecule has 0 aliphatic carbocycles. The van der Waals surface area contributed by atoms with Crippen molar-refractivity contribution in [1.82, 2.24) is 15.5 Å². The van der Waals surface area contributed by atoms with Crippen LogP contribution >= 0.6 is 0 Å². The second kappa shape index (κ2) is 5.81. The number of aromatic nitrogens is 2. The molecule has 0 fully saturated rings. The molecule has 0 aliphatic rings. The Bertz CT molecular complexity index is 493. The second-order valence-corrected chi connectivity index (χ2v) is 3.62. The van der Waals surface area contributed by atoms with Gasteiger partial charge in [0.25, 0.3) is 5.91 Å². The van der Waals surface area contributed by atoms with Gasteiger partial charge >= 0.3 is 0 Å². The summed E-state index contributed by atoms with van der Waals surface area (Å²) in [6, 6.07) is 5.19. The lowest BCUT2D eigenvalue weighted by Gasteiger charge is -2.04. The highest BCUT2D eigenvalue weighted by Gasteiger charge is 2.06. The molecule has 0 aromatic carbocycles. The van der Waals surface area contributed by atoms with E-state index in [1.807, 2.05) is 6.92 Å². The molecule has 6 heteroatoms. The van der Waals surface area contributed by atoms with Crippen LogP contribution in [0.25, 0.3) is 0 Å².